The third kappa shape index (κ3) is 3.39. The summed E-state index contributed by atoms with van der Waals surface area (Å²) in [5.41, 5.74) is 0. The molecule has 5 nitrogen and oxygen atoms in total. The van der Waals surface area contributed by atoms with Gasteiger partial charge in [0, 0.05) is 26.8 Å². The number of piperidine rings is 1. The topological polar surface area (TPSA) is 66.8 Å². The maximum Gasteiger partial charge on any atom is 0.307 e. The molecule has 2 atom stereocenters. The Kier molecular flexibility index (Phi) is 5.17. The van der Waals surface area contributed by atoms with Crippen molar-refractivity contribution in [2.45, 2.75) is 25.7 Å². The van der Waals surface area contributed by atoms with Crippen LogP contribution in [0.3, 0.4) is 0 Å². The minimum absolute atomic E-state index is 0.0117. The Bertz CT molecular complexity index is 385. The molecular formula is C15H23NO4. The third-order valence-electron chi connectivity index (χ3n) is 4.40. The predicted molar refractivity (Wildman–Crippen MR) is 74.2 cm³/mol. The molecule has 0 bridgehead atoms. The lowest BCUT2D eigenvalue weighted by atomic mass is 9.81. The smallest absolute Gasteiger partial charge is 0.307 e. The number of aliphatic carboxylic acids is 1. The highest BCUT2D eigenvalue weighted by Gasteiger charge is 2.37. The molecule has 0 aromatic heterocycles. The highest BCUT2D eigenvalue weighted by Crippen LogP contribution is 2.29. The van der Waals surface area contributed by atoms with Gasteiger partial charge in [-0.2, -0.15) is 0 Å². The summed E-state index contributed by atoms with van der Waals surface area (Å²) in [6, 6.07) is 0. The second-order valence-electron chi connectivity index (χ2n) is 5.72. The fourth-order valence-corrected chi connectivity index (χ4v) is 3.15. The summed E-state index contributed by atoms with van der Waals surface area (Å²) in [6.45, 7) is 2.19. The first-order valence-electron chi connectivity index (χ1n) is 7.29. The molecule has 2 aliphatic rings. The van der Waals surface area contributed by atoms with Gasteiger partial charge in [-0.25, -0.2) is 0 Å². The zero-order valence-corrected chi connectivity index (χ0v) is 12.0. The van der Waals surface area contributed by atoms with E-state index >= 15 is 0 Å². The minimum Gasteiger partial charge on any atom is -0.481 e. The zero-order valence-electron chi connectivity index (χ0n) is 12.0. The molecule has 0 aromatic carbocycles. The molecule has 0 radical (unpaired) electrons. The molecule has 0 spiro atoms. The van der Waals surface area contributed by atoms with Crippen molar-refractivity contribution in [1.82, 2.24) is 4.90 Å². The van der Waals surface area contributed by atoms with Gasteiger partial charge >= 0.3 is 5.97 Å². The predicted octanol–water partition coefficient (Wildman–Crippen LogP) is 1.54. The van der Waals surface area contributed by atoms with Gasteiger partial charge in [-0.1, -0.05) is 12.2 Å². The summed E-state index contributed by atoms with van der Waals surface area (Å²) in [5, 5.41) is 9.25. The van der Waals surface area contributed by atoms with Gasteiger partial charge in [-0.3, -0.25) is 9.59 Å². The molecule has 5 heteroatoms. The maximum absolute atomic E-state index is 12.5. The van der Waals surface area contributed by atoms with Crippen LogP contribution >= 0.6 is 0 Å². The number of allylic oxidation sites excluding steroid dienone is 2. The summed E-state index contributed by atoms with van der Waals surface area (Å²) < 4.78 is 5.15. The Morgan fingerprint density at radius 2 is 1.80 bits per heavy atom. The van der Waals surface area contributed by atoms with Crippen molar-refractivity contribution in [2.75, 3.05) is 26.8 Å². The number of hydrogen-bond acceptors (Lipinski definition) is 3. The van der Waals surface area contributed by atoms with Crippen LogP contribution < -0.4 is 0 Å². The van der Waals surface area contributed by atoms with Crippen LogP contribution in [0.2, 0.25) is 0 Å². The van der Waals surface area contributed by atoms with Gasteiger partial charge < -0.3 is 14.7 Å². The number of amides is 1. The summed E-state index contributed by atoms with van der Waals surface area (Å²) in [6.07, 6.45) is 6.70. The number of hydrogen-bond donors (Lipinski definition) is 1. The van der Waals surface area contributed by atoms with Gasteiger partial charge in [0.05, 0.1) is 11.8 Å². The van der Waals surface area contributed by atoms with Crippen LogP contribution in [0.25, 0.3) is 0 Å². The standard InChI is InChI=1S/C15H23NO4/c1-20-10-11-6-8-16(9-7-11)14(17)12-4-2-3-5-13(12)15(18)19/h2-3,11-13H,4-10H2,1H3,(H,18,19)/t12-,13+/m1/s1. The molecule has 0 unspecified atom stereocenters. The molecule has 1 fully saturated rings. The van der Waals surface area contributed by atoms with Crippen LogP contribution in [0.1, 0.15) is 25.7 Å². The van der Waals surface area contributed by atoms with Gasteiger partial charge in [0.25, 0.3) is 0 Å². The van der Waals surface area contributed by atoms with Crippen molar-refractivity contribution in [2.24, 2.45) is 17.8 Å². The van der Waals surface area contributed by atoms with Gasteiger partial charge in [-0.15, -0.1) is 0 Å². The monoisotopic (exact) mass is 281 g/mol. The summed E-state index contributed by atoms with van der Waals surface area (Å²) in [5.74, 6) is -1.29. The fourth-order valence-electron chi connectivity index (χ4n) is 3.15. The second-order valence-corrected chi connectivity index (χ2v) is 5.72. The van der Waals surface area contributed by atoms with E-state index in [1.807, 2.05) is 17.1 Å². The van der Waals surface area contributed by atoms with E-state index in [9.17, 15) is 14.7 Å². The van der Waals surface area contributed by atoms with Crippen molar-refractivity contribution in [3.63, 3.8) is 0 Å². The zero-order chi connectivity index (χ0) is 14.5. The molecule has 112 valence electrons. The van der Waals surface area contributed by atoms with Gasteiger partial charge in [0.15, 0.2) is 0 Å². The summed E-state index contributed by atoms with van der Waals surface area (Å²) in [4.78, 5) is 25.6. The van der Waals surface area contributed by atoms with Crippen molar-refractivity contribution in [3.05, 3.63) is 12.2 Å². The van der Waals surface area contributed by atoms with E-state index in [1.165, 1.54) is 0 Å². The van der Waals surface area contributed by atoms with Gasteiger partial charge in [-0.05, 0) is 31.6 Å². The van der Waals surface area contributed by atoms with Crippen molar-refractivity contribution >= 4 is 11.9 Å². The minimum atomic E-state index is -0.859. The largest absolute Gasteiger partial charge is 0.481 e. The fraction of sp³-hybridized carbons (Fsp3) is 0.733. The molecule has 0 aromatic rings. The Morgan fingerprint density at radius 1 is 1.20 bits per heavy atom. The molecule has 2 rings (SSSR count). The Balaban J connectivity index is 1.94. The normalized spacial score (nSPS) is 27.6. The van der Waals surface area contributed by atoms with Crippen LogP contribution in [0.5, 0.6) is 0 Å². The quantitative estimate of drug-likeness (QED) is 0.794. The number of carboxylic acids is 1. The van der Waals surface area contributed by atoms with E-state index in [-0.39, 0.29) is 5.91 Å². The number of likely N-dealkylation sites (tertiary alicyclic amines) is 1. The number of ether oxygens (including phenoxy) is 1. The average molecular weight is 281 g/mol. The van der Waals surface area contributed by atoms with E-state index in [0.29, 0.717) is 18.8 Å². The lowest BCUT2D eigenvalue weighted by molar-refractivity contribution is -0.151. The molecular weight excluding hydrogens is 258 g/mol. The first-order chi connectivity index (χ1) is 9.63. The van der Waals surface area contributed by atoms with Crippen LogP contribution in [0.4, 0.5) is 0 Å². The molecule has 1 saturated heterocycles. The van der Waals surface area contributed by atoms with E-state index in [1.54, 1.807) is 7.11 Å². The van der Waals surface area contributed by atoms with Crippen molar-refractivity contribution in [1.29, 1.82) is 0 Å². The number of carbonyl (C=O) groups is 2. The third-order valence-corrected chi connectivity index (χ3v) is 4.40. The van der Waals surface area contributed by atoms with E-state index in [0.717, 1.165) is 32.5 Å². The summed E-state index contributed by atoms with van der Waals surface area (Å²) in [7, 11) is 1.70. The van der Waals surface area contributed by atoms with Crippen LogP contribution in [0, 0.1) is 17.8 Å². The number of nitrogens with zero attached hydrogens (tertiary/aromatic N) is 1. The average Bonchev–Trinajstić information content (AvgIpc) is 2.47. The van der Waals surface area contributed by atoms with E-state index in [4.69, 9.17) is 4.74 Å². The van der Waals surface area contributed by atoms with Crippen LogP contribution in [0.15, 0.2) is 12.2 Å². The first-order valence-corrected chi connectivity index (χ1v) is 7.29. The van der Waals surface area contributed by atoms with Crippen LogP contribution in [-0.4, -0.2) is 48.7 Å². The molecule has 1 N–H and O–H groups in total. The second kappa shape index (κ2) is 6.88. The highest BCUT2D eigenvalue weighted by atomic mass is 16.5. The molecule has 0 saturated carbocycles. The summed E-state index contributed by atoms with van der Waals surface area (Å²) >= 11 is 0. The number of rotatable bonds is 4. The number of carboxylic acid groups (broad SMARTS) is 1. The lowest BCUT2D eigenvalue weighted by Crippen LogP contribution is -2.45. The SMILES string of the molecule is COCC1CCN(C(=O)[C@@H]2CC=CC[C@@H]2C(=O)O)CC1. The molecule has 20 heavy (non-hydrogen) atoms. The molecule has 1 aliphatic heterocycles. The van der Waals surface area contributed by atoms with Crippen molar-refractivity contribution in [3.8, 4) is 0 Å². The molecule has 1 aliphatic carbocycles. The Labute approximate surface area is 119 Å². The Morgan fingerprint density at radius 3 is 2.35 bits per heavy atom. The van der Waals surface area contributed by atoms with Gasteiger partial charge in [0.2, 0.25) is 5.91 Å². The molecule has 1 amide bonds. The first kappa shape index (κ1) is 15.0. The van der Waals surface area contributed by atoms with Crippen molar-refractivity contribution < 1.29 is 19.4 Å². The highest BCUT2D eigenvalue weighted by molar-refractivity contribution is 5.85. The number of carbonyl (C=O) groups excluding carboxylic acids is 1. The molecule has 1 heterocycles. The van der Waals surface area contributed by atoms with E-state index in [2.05, 4.69) is 0 Å². The maximum atomic E-state index is 12.5. The van der Waals surface area contributed by atoms with Crippen LogP contribution in [-0.2, 0) is 14.3 Å². The lowest BCUT2D eigenvalue weighted by Gasteiger charge is -2.35. The van der Waals surface area contributed by atoms with Gasteiger partial charge in [0.1, 0.15) is 0 Å². The Hall–Kier alpha value is -1.36. The number of methoxy groups -OCH3 is 1. The van der Waals surface area contributed by atoms with E-state index < -0.39 is 17.8 Å².